The van der Waals surface area contributed by atoms with Crippen LogP contribution in [0.5, 0.6) is 0 Å². The minimum atomic E-state index is -1.16. The van der Waals surface area contributed by atoms with Gasteiger partial charge in [0.05, 0.1) is 4.92 Å². The zero-order valence-electron chi connectivity index (χ0n) is 10.3. The van der Waals surface area contributed by atoms with Crippen LogP contribution in [0.4, 0.5) is 11.4 Å². The molecule has 20 heavy (non-hydrogen) atoms. The topological polar surface area (TPSA) is 136 Å². The molecule has 0 bridgehead atoms. The molecule has 110 valence electrons. The minimum absolute atomic E-state index is 0. The van der Waals surface area contributed by atoms with Gasteiger partial charge in [-0.1, -0.05) is 0 Å². The lowest BCUT2D eigenvalue weighted by molar-refractivity contribution is -0.384. The van der Waals surface area contributed by atoms with Crippen molar-refractivity contribution in [2.75, 3.05) is 5.32 Å². The van der Waals surface area contributed by atoms with E-state index in [4.69, 9.17) is 10.8 Å². The lowest BCUT2D eigenvalue weighted by atomic mass is 10.1. The third-order valence-corrected chi connectivity index (χ3v) is 2.36. The fourth-order valence-corrected chi connectivity index (χ4v) is 1.30. The second-order valence-electron chi connectivity index (χ2n) is 3.84. The molecule has 0 aliphatic heterocycles. The van der Waals surface area contributed by atoms with Crippen molar-refractivity contribution in [2.24, 2.45) is 5.73 Å². The summed E-state index contributed by atoms with van der Waals surface area (Å²) in [5.41, 5.74) is 5.58. The van der Waals surface area contributed by atoms with Gasteiger partial charge >= 0.3 is 5.97 Å². The number of amides is 1. The molecule has 0 aliphatic rings. The van der Waals surface area contributed by atoms with Crippen LogP contribution in [0, 0.1) is 10.1 Å². The Balaban J connectivity index is 0.00000361. The maximum Gasteiger partial charge on any atom is 0.320 e. The number of non-ortho nitro benzene ring substituents is 1. The average molecular weight is 395 g/mol. The summed E-state index contributed by atoms with van der Waals surface area (Å²) in [4.78, 5) is 31.8. The number of carboxylic acid groups (broad SMARTS) is 1. The number of nitro benzene ring substituents is 1. The lowest BCUT2D eigenvalue weighted by Crippen LogP contribution is -2.31. The first-order valence-corrected chi connectivity index (χ1v) is 5.43. The predicted octanol–water partition coefficient (Wildman–Crippen LogP) is 1.34. The number of nitro groups is 1. The number of aliphatic carboxylic acids is 1. The van der Waals surface area contributed by atoms with E-state index in [1.54, 1.807) is 0 Å². The SMILES string of the molecule is I.NC(CCC(=O)Nc1ccc([N+](=O)[O-])cc1)C(=O)O. The molecular weight excluding hydrogens is 381 g/mol. The normalized spacial score (nSPS) is 11.1. The standard InChI is InChI=1S/C11H13N3O5.HI/c12-9(11(16)17)5-6-10(15)13-7-1-3-8(4-2-7)14(18)19;/h1-4,9H,5-6,12H2,(H,13,15)(H,16,17);1H. The maximum absolute atomic E-state index is 11.5. The van der Waals surface area contributed by atoms with Crippen LogP contribution in [-0.2, 0) is 9.59 Å². The van der Waals surface area contributed by atoms with Gasteiger partial charge in [-0.05, 0) is 18.6 Å². The summed E-state index contributed by atoms with van der Waals surface area (Å²) in [7, 11) is 0. The second-order valence-corrected chi connectivity index (χ2v) is 3.84. The van der Waals surface area contributed by atoms with Crippen LogP contribution in [0.3, 0.4) is 0 Å². The van der Waals surface area contributed by atoms with Gasteiger partial charge in [-0.2, -0.15) is 0 Å². The molecule has 0 fully saturated rings. The Hall–Kier alpha value is -1.75. The summed E-state index contributed by atoms with van der Waals surface area (Å²) in [5.74, 6) is -1.56. The van der Waals surface area contributed by atoms with Crippen molar-refractivity contribution in [3.8, 4) is 0 Å². The Labute approximate surface area is 131 Å². The van der Waals surface area contributed by atoms with Crippen molar-refractivity contribution in [3.05, 3.63) is 34.4 Å². The fourth-order valence-electron chi connectivity index (χ4n) is 1.30. The van der Waals surface area contributed by atoms with Gasteiger partial charge in [-0.25, -0.2) is 0 Å². The highest BCUT2D eigenvalue weighted by Gasteiger charge is 2.13. The van der Waals surface area contributed by atoms with E-state index in [0.29, 0.717) is 5.69 Å². The van der Waals surface area contributed by atoms with E-state index in [1.165, 1.54) is 24.3 Å². The Morgan fingerprint density at radius 1 is 1.35 bits per heavy atom. The summed E-state index contributed by atoms with van der Waals surface area (Å²) in [6, 6.07) is 4.24. The van der Waals surface area contributed by atoms with Gasteiger partial charge in [0.15, 0.2) is 0 Å². The van der Waals surface area contributed by atoms with Crippen LogP contribution >= 0.6 is 24.0 Å². The van der Waals surface area contributed by atoms with Gasteiger partial charge in [0.25, 0.3) is 5.69 Å². The van der Waals surface area contributed by atoms with Crippen LogP contribution in [-0.4, -0.2) is 27.9 Å². The number of anilines is 1. The van der Waals surface area contributed by atoms with Crippen molar-refractivity contribution >= 4 is 47.2 Å². The maximum atomic E-state index is 11.5. The molecule has 1 aromatic carbocycles. The number of carbonyl (C=O) groups is 2. The molecular formula is C11H14IN3O5. The van der Waals surface area contributed by atoms with E-state index in [1.807, 2.05) is 0 Å². The number of hydrogen-bond acceptors (Lipinski definition) is 5. The molecule has 8 nitrogen and oxygen atoms in total. The fraction of sp³-hybridized carbons (Fsp3) is 0.273. The average Bonchev–Trinajstić information content (AvgIpc) is 2.36. The number of nitrogens with zero attached hydrogens (tertiary/aromatic N) is 1. The zero-order valence-corrected chi connectivity index (χ0v) is 12.6. The van der Waals surface area contributed by atoms with Crippen molar-refractivity contribution < 1.29 is 19.6 Å². The van der Waals surface area contributed by atoms with Crippen LogP contribution in [0.2, 0.25) is 0 Å². The summed E-state index contributed by atoms with van der Waals surface area (Å²) < 4.78 is 0. The van der Waals surface area contributed by atoms with Crippen molar-refractivity contribution in [1.29, 1.82) is 0 Å². The van der Waals surface area contributed by atoms with Crippen LogP contribution in [0.15, 0.2) is 24.3 Å². The van der Waals surface area contributed by atoms with Gasteiger partial charge in [0, 0.05) is 24.2 Å². The first-order valence-electron chi connectivity index (χ1n) is 5.43. The lowest BCUT2D eigenvalue weighted by Gasteiger charge is -2.07. The Morgan fingerprint density at radius 2 is 1.90 bits per heavy atom. The molecule has 1 atom stereocenters. The number of rotatable bonds is 6. The molecule has 1 rings (SSSR count). The Bertz CT molecular complexity index is 491. The molecule has 4 N–H and O–H groups in total. The number of halogens is 1. The van der Waals surface area contributed by atoms with E-state index < -0.39 is 22.8 Å². The second kappa shape index (κ2) is 8.43. The van der Waals surface area contributed by atoms with Gasteiger partial charge in [0.1, 0.15) is 6.04 Å². The molecule has 0 heterocycles. The minimum Gasteiger partial charge on any atom is -0.480 e. The number of nitrogens with two attached hydrogens (primary N) is 1. The van der Waals surface area contributed by atoms with Gasteiger partial charge in [-0.3, -0.25) is 19.7 Å². The summed E-state index contributed by atoms with van der Waals surface area (Å²) in [5, 5.41) is 21.5. The molecule has 1 amide bonds. The molecule has 0 saturated carbocycles. The molecule has 0 aromatic heterocycles. The first kappa shape index (κ1) is 18.2. The molecule has 0 aliphatic carbocycles. The highest BCUT2D eigenvalue weighted by Crippen LogP contribution is 2.15. The van der Waals surface area contributed by atoms with Crippen molar-refractivity contribution in [2.45, 2.75) is 18.9 Å². The number of carboxylic acids is 1. The summed E-state index contributed by atoms with van der Waals surface area (Å²) in [6.45, 7) is 0. The van der Waals surface area contributed by atoms with Gasteiger partial charge in [0.2, 0.25) is 5.91 Å². The monoisotopic (exact) mass is 395 g/mol. The van der Waals surface area contributed by atoms with E-state index in [2.05, 4.69) is 5.32 Å². The van der Waals surface area contributed by atoms with E-state index in [-0.39, 0.29) is 42.5 Å². The third-order valence-electron chi connectivity index (χ3n) is 2.36. The van der Waals surface area contributed by atoms with Crippen molar-refractivity contribution in [1.82, 2.24) is 0 Å². The van der Waals surface area contributed by atoms with Gasteiger partial charge in [-0.15, -0.1) is 24.0 Å². The molecule has 0 radical (unpaired) electrons. The Morgan fingerprint density at radius 3 is 2.35 bits per heavy atom. The van der Waals surface area contributed by atoms with E-state index >= 15 is 0 Å². The summed E-state index contributed by atoms with van der Waals surface area (Å²) >= 11 is 0. The number of hydrogen-bond donors (Lipinski definition) is 3. The van der Waals surface area contributed by atoms with Crippen molar-refractivity contribution in [3.63, 3.8) is 0 Å². The van der Waals surface area contributed by atoms with Crippen LogP contribution in [0.25, 0.3) is 0 Å². The predicted molar refractivity (Wildman–Crippen MR) is 82.0 cm³/mol. The first-order chi connectivity index (χ1) is 8.90. The highest BCUT2D eigenvalue weighted by molar-refractivity contribution is 14.0. The quantitative estimate of drug-likeness (QED) is 0.378. The number of carbonyl (C=O) groups excluding carboxylic acids is 1. The Kier molecular flexibility index (Phi) is 7.69. The molecule has 1 unspecified atom stereocenters. The van der Waals surface area contributed by atoms with Crippen LogP contribution < -0.4 is 11.1 Å². The molecule has 9 heteroatoms. The van der Waals surface area contributed by atoms with E-state index in [9.17, 15) is 19.7 Å². The zero-order chi connectivity index (χ0) is 14.4. The highest BCUT2D eigenvalue weighted by atomic mass is 127. The molecule has 0 saturated heterocycles. The molecule has 0 spiro atoms. The number of benzene rings is 1. The largest absolute Gasteiger partial charge is 0.480 e. The van der Waals surface area contributed by atoms with Crippen LogP contribution in [0.1, 0.15) is 12.8 Å². The summed E-state index contributed by atoms with van der Waals surface area (Å²) in [6.07, 6.45) is -0.0153. The third kappa shape index (κ3) is 5.93. The van der Waals surface area contributed by atoms with E-state index in [0.717, 1.165) is 0 Å². The van der Waals surface area contributed by atoms with Gasteiger partial charge < -0.3 is 16.2 Å². The smallest absolute Gasteiger partial charge is 0.320 e. The number of nitrogens with one attached hydrogen (secondary N) is 1. The molecule has 1 aromatic rings.